The lowest BCUT2D eigenvalue weighted by Crippen LogP contribution is -2.37. The molecule has 0 aromatic heterocycles. The number of hydrogen-bond donors (Lipinski definition) is 1. The lowest BCUT2D eigenvalue weighted by molar-refractivity contribution is -0.121. The molecule has 2 rings (SSSR count). The van der Waals surface area contributed by atoms with Gasteiger partial charge in [-0.1, -0.05) is 13.3 Å². The molecule has 8 nitrogen and oxygen atoms in total. The zero-order valence-electron chi connectivity index (χ0n) is 18.1. The number of carbonyl (C=O) groups excluding carboxylic acids is 3. The number of hydrogen-bond acceptors (Lipinski definition) is 6. The van der Waals surface area contributed by atoms with Crippen LogP contribution in [0.25, 0.3) is 0 Å². The summed E-state index contributed by atoms with van der Waals surface area (Å²) in [5.41, 5.74) is 5.71. The highest BCUT2D eigenvalue weighted by Gasteiger charge is 2.20. The van der Waals surface area contributed by atoms with E-state index in [1.165, 1.54) is 48.4 Å². The van der Waals surface area contributed by atoms with Gasteiger partial charge < -0.3 is 24.8 Å². The third-order valence-electron chi connectivity index (χ3n) is 4.50. The molecule has 0 heterocycles. The van der Waals surface area contributed by atoms with Crippen molar-refractivity contribution in [3.8, 4) is 11.5 Å². The highest BCUT2D eigenvalue weighted by molar-refractivity contribution is 5.97. The van der Waals surface area contributed by atoms with E-state index in [-0.39, 0.29) is 18.5 Å². The van der Waals surface area contributed by atoms with E-state index >= 15 is 0 Å². The van der Waals surface area contributed by atoms with E-state index in [1.54, 1.807) is 6.07 Å². The number of primary amides is 1. The lowest BCUT2D eigenvalue weighted by atomic mass is 10.2. The maximum Gasteiger partial charge on any atom is 0.338 e. The molecule has 0 radical (unpaired) electrons. The predicted molar refractivity (Wildman–Crippen MR) is 116 cm³/mol. The van der Waals surface area contributed by atoms with Crippen LogP contribution in [0.5, 0.6) is 11.5 Å². The quantitative estimate of drug-likeness (QED) is 0.397. The zero-order chi connectivity index (χ0) is 23.5. The summed E-state index contributed by atoms with van der Waals surface area (Å²) in [6.45, 7) is 1.96. The molecule has 0 spiro atoms. The van der Waals surface area contributed by atoms with Crippen molar-refractivity contribution in [2.75, 3.05) is 31.8 Å². The monoisotopic (exact) mass is 446 g/mol. The summed E-state index contributed by atoms with van der Waals surface area (Å²) in [4.78, 5) is 37.5. The summed E-state index contributed by atoms with van der Waals surface area (Å²) in [5.74, 6) is -1.52. The Morgan fingerprint density at radius 3 is 2.41 bits per heavy atom. The number of nitrogens with two attached hydrogens (primary N) is 1. The van der Waals surface area contributed by atoms with Crippen molar-refractivity contribution in [2.24, 2.45) is 5.73 Å². The van der Waals surface area contributed by atoms with Crippen LogP contribution in [0, 0.1) is 5.82 Å². The minimum atomic E-state index is -0.731. The van der Waals surface area contributed by atoms with Crippen LogP contribution in [0.1, 0.15) is 36.5 Å². The van der Waals surface area contributed by atoms with Crippen molar-refractivity contribution in [1.82, 2.24) is 0 Å². The second-order valence-corrected chi connectivity index (χ2v) is 6.88. The summed E-state index contributed by atoms with van der Waals surface area (Å²) in [6, 6.07) is 9.73. The van der Waals surface area contributed by atoms with E-state index in [4.69, 9.17) is 19.9 Å². The van der Waals surface area contributed by atoms with Crippen LogP contribution in [0.2, 0.25) is 0 Å². The van der Waals surface area contributed by atoms with Crippen molar-refractivity contribution < 1.29 is 33.0 Å². The molecule has 2 amide bonds. The molecule has 0 bridgehead atoms. The Labute approximate surface area is 186 Å². The number of halogens is 1. The fourth-order valence-corrected chi connectivity index (χ4v) is 2.77. The first-order valence-electron chi connectivity index (χ1n) is 10.2. The molecular formula is C23H27FN2O6. The third kappa shape index (κ3) is 7.26. The fourth-order valence-electron chi connectivity index (χ4n) is 2.77. The molecule has 0 fully saturated rings. The van der Waals surface area contributed by atoms with Gasteiger partial charge in [-0.2, -0.15) is 0 Å². The minimum absolute atomic E-state index is 0.0328. The fraction of sp³-hybridized carbons (Fsp3) is 0.348. The Balaban J connectivity index is 2.05. The van der Waals surface area contributed by atoms with Gasteiger partial charge in [0, 0.05) is 18.7 Å². The number of esters is 1. The molecule has 2 N–H and O–H groups in total. The number of ether oxygens (including phenoxy) is 3. The van der Waals surface area contributed by atoms with Gasteiger partial charge in [0.15, 0.2) is 18.1 Å². The summed E-state index contributed by atoms with van der Waals surface area (Å²) in [5, 5.41) is 0. The molecule has 0 aliphatic heterocycles. The largest absolute Gasteiger partial charge is 0.493 e. The summed E-state index contributed by atoms with van der Waals surface area (Å²) < 4.78 is 29.3. The van der Waals surface area contributed by atoms with Gasteiger partial charge in [0.1, 0.15) is 5.82 Å². The Morgan fingerprint density at radius 2 is 1.78 bits per heavy atom. The van der Waals surface area contributed by atoms with Gasteiger partial charge in [-0.25, -0.2) is 9.18 Å². The second-order valence-electron chi connectivity index (χ2n) is 6.88. The first-order chi connectivity index (χ1) is 15.3. The van der Waals surface area contributed by atoms with Crippen molar-refractivity contribution in [2.45, 2.75) is 26.2 Å². The SMILES string of the molecule is CCCCOc1ccc(C(=O)OCC(=O)N(CCC(N)=O)c2ccc(F)cc2)cc1OC. The maximum atomic E-state index is 13.2. The number of unbranched alkanes of at least 4 members (excludes halogenated alkanes) is 1. The number of carbonyl (C=O) groups is 3. The zero-order valence-corrected chi connectivity index (χ0v) is 18.1. The Kier molecular flexibility index (Phi) is 9.46. The van der Waals surface area contributed by atoms with E-state index in [9.17, 15) is 18.8 Å². The first-order valence-corrected chi connectivity index (χ1v) is 10.2. The van der Waals surface area contributed by atoms with Crippen LogP contribution in [0.4, 0.5) is 10.1 Å². The van der Waals surface area contributed by atoms with Gasteiger partial charge in [-0.3, -0.25) is 9.59 Å². The third-order valence-corrected chi connectivity index (χ3v) is 4.50. The summed E-state index contributed by atoms with van der Waals surface area (Å²) in [6.07, 6.45) is 1.76. The van der Waals surface area contributed by atoms with Gasteiger partial charge in [0.25, 0.3) is 5.91 Å². The molecule has 0 saturated heterocycles. The molecule has 0 aliphatic rings. The van der Waals surface area contributed by atoms with Crippen LogP contribution >= 0.6 is 0 Å². The highest BCUT2D eigenvalue weighted by atomic mass is 19.1. The Bertz CT molecular complexity index is 933. The predicted octanol–water partition coefficient (Wildman–Crippen LogP) is 3.08. The molecule has 0 atom stereocenters. The number of nitrogens with zero attached hydrogens (tertiary/aromatic N) is 1. The van der Waals surface area contributed by atoms with Gasteiger partial charge in [-0.15, -0.1) is 0 Å². The van der Waals surface area contributed by atoms with Crippen LogP contribution in [-0.4, -0.2) is 44.7 Å². The van der Waals surface area contributed by atoms with E-state index in [2.05, 4.69) is 0 Å². The number of rotatable bonds is 12. The standard InChI is InChI=1S/C23H27FN2O6/c1-3-4-13-31-19-10-5-16(14-20(19)30-2)23(29)32-15-22(28)26(12-11-21(25)27)18-8-6-17(24)7-9-18/h5-10,14H,3-4,11-13,15H2,1-2H3,(H2,25,27). The molecule has 0 saturated carbocycles. The van der Waals surface area contributed by atoms with Crippen LogP contribution in [-0.2, 0) is 14.3 Å². The summed E-state index contributed by atoms with van der Waals surface area (Å²) >= 11 is 0. The first kappa shape index (κ1) is 24.6. The van der Waals surface area contributed by atoms with Crippen molar-refractivity contribution in [1.29, 1.82) is 0 Å². The maximum absolute atomic E-state index is 13.2. The number of benzene rings is 2. The van der Waals surface area contributed by atoms with E-state index in [0.717, 1.165) is 12.8 Å². The molecule has 9 heteroatoms. The van der Waals surface area contributed by atoms with Gasteiger partial charge in [0.05, 0.1) is 19.3 Å². The number of methoxy groups -OCH3 is 1. The smallest absolute Gasteiger partial charge is 0.338 e. The van der Waals surface area contributed by atoms with Crippen LogP contribution in [0.3, 0.4) is 0 Å². The molecule has 32 heavy (non-hydrogen) atoms. The Hall–Kier alpha value is -3.62. The molecule has 2 aromatic rings. The van der Waals surface area contributed by atoms with Crippen molar-refractivity contribution in [3.63, 3.8) is 0 Å². The van der Waals surface area contributed by atoms with Gasteiger partial charge in [-0.05, 0) is 48.9 Å². The second kappa shape index (κ2) is 12.3. The van der Waals surface area contributed by atoms with Gasteiger partial charge in [0.2, 0.25) is 5.91 Å². The molecular weight excluding hydrogens is 419 g/mol. The topological polar surface area (TPSA) is 108 Å². The van der Waals surface area contributed by atoms with Crippen molar-refractivity contribution in [3.05, 3.63) is 53.8 Å². The number of anilines is 1. The van der Waals surface area contributed by atoms with E-state index < -0.39 is 30.2 Å². The Morgan fingerprint density at radius 1 is 1.06 bits per heavy atom. The van der Waals surface area contributed by atoms with Gasteiger partial charge >= 0.3 is 5.97 Å². The molecule has 2 aromatic carbocycles. The number of amides is 2. The molecule has 0 unspecified atom stereocenters. The van der Waals surface area contributed by atoms with E-state index in [1.807, 2.05) is 6.92 Å². The normalized spacial score (nSPS) is 10.3. The summed E-state index contributed by atoms with van der Waals surface area (Å²) in [7, 11) is 1.46. The molecule has 0 aliphatic carbocycles. The van der Waals surface area contributed by atoms with Crippen molar-refractivity contribution >= 4 is 23.5 Å². The van der Waals surface area contributed by atoms with Crippen LogP contribution < -0.4 is 20.1 Å². The average Bonchev–Trinajstić information content (AvgIpc) is 2.78. The molecule has 172 valence electrons. The van der Waals surface area contributed by atoms with Crippen LogP contribution in [0.15, 0.2) is 42.5 Å². The van der Waals surface area contributed by atoms with E-state index in [0.29, 0.717) is 23.8 Å². The average molecular weight is 446 g/mol. The highest BCUT2D eigenvalue weighted by Crippen LogP contribution is 2.28. The lowest BCUT2D eigenvalue weighted by Gasteiger charge is -2.22. The minimum Gasteiger partial charge on any atom is -0.493 e.